The number of likely N-dealkylation sites (N-methyl/N-ethyl adjacent to an activating group) is 2. The van der Waals surface area contributed by atoms with Crippen molar-refractivity contribution in [2.24, 2.45) is 11.8 Å². The van der Waals surface area contributed by atoms with Crippen molar-refractivity contribution in [1.82, 2.24) is 15.2 Å². The molecule has 0 aliphatic rings. The number of hydrogen-bond acceptors (Lipinski definition) is 4. The molecule has 0 aromatic heterocycles. The second-order valence-electron chi connectivity index (χ2n) is 4.52. The highest BCUT2D eigenvalue weighted by Crippen LogP contribution is 2.09. The van der Waals surface area contributed by atoms with E-state index in [0.29, 0.717) is 19.6 Å². The van der Waals surface area contributed by atoms with Gasteiger partial charge in [-0.2, -0.15) is 0 Å². The van der Waals surface area contributed by atoms with Crippen LogP contribution in [0.1, 0.15) is 27.7 Å². The van der Waals surface area contributed by atoms with Crippen LogP contribution in [0.3, 0.4) is 0 Å². The lowest BCUT2D eigenvalue weighted by atomic mass is 10.0. The number of nitrogens with one attached hydrogen (secondary N) is 1. The van der Waals surface area contributed by atoms with Crippen LogP contribution in [0, 0.1) is 5.92 Å². The first-order valence-corrected chi connectivity index (χ1v) is 6.37. The fourth-order valence-electron chi connectivity index (χ4n) is 1.77. The summed E-state index contributed by atoms with van der Waals surface area (Å²) in [6, 6.07) is -0.0481. The van der Waals surface area contributed by atoms with Crippen LogP contribution in [0.2, 0.25) is 0 Å². The largest absolute Gasteiger partial charge is 0.342 e. The summed E-state index contributed by atoms with van der Waals surface area (Å²) in [7, 11) is 1.84. The van der Waals surface area contributed by atoms with Gasteiger partial charge in [-0.25, -0.2) is 5.84 Å². The van der Waals surface area contributed by atoms with Crippen molar-refractivity contribution in [1.29, 1.82) is 0 Å². The van der Waals surface area contributed by atoms with Gasteiger partial charge in [-0.05, 0) is 27.8 Å². The van der Waals surface area contributed by atoms with Gasteiger partial charge in [0.05, 0.1) is 12.5 Å². The van der Waals surface area contributed by atoms with E-state index < -0.39 is 0 Å². The lowest BCUT2D eigenvalue weighted by molar-refractivity contribution is -0.134. The number of hydrogen-bond donors (Lipinski definition) is 2. The molecule has 6 heteroatoms. The highest BCUT2D eigenvalue weighted by Gasteiger charge is 2.25. The minimum Gasteiger partial charge on any atom is -0.342 e. The Labute approximate surface area is 109 Å². The Bertz CT molecular complexity index is 279. The lowest BCUT2D eigenvalue weighted by Crippen LogP contribution is -2.48. The Kier molecular flexibility index (Phi) is 7.54. The normalized spacial score (nSPS) is 14.2. The van der Waals surface area contributed by atoms with Gasteiger partial charge in [-0.3, -0.25) is 19.9 Å². The smallest absolute Gasteiger partial charge is 0.238 e. The Balaban J connectivity index is 4.43. The third kappa shape index (κ3) is 4.62. The van der Waals surface area contributed by atoms with E-state index in [1.165, 1.54) is 0 Å². The van der Waals surface area contributed by atoms with Gasteiger partial charge in [0, 0.05) is 19.1 Å². The maximum atomic E-state index is 11.9. The molecule has 0 aromatic rings. The summed E-state index contributed by atoms with van der Waals surface area (Å²) in [5.74, 6) is 4.71. The van der Waals surface area contributed by atoms with Crippen LogP contribution in [0.15, 0.2) is 0 Å². The van der Waals surface area contributed by atoms with Crippen molar-refractivity contribution in [3.05, 3.63) is 0 Å². The number of nitrogens with zero attached hydrogens (tertiary/aromatic N) is 2. The number of hydrazine groups is 1. The van der Waals surface area contributed by atoms with Crippen molar-refractivity contribution in [3.63, 3.8) is 0 Å². The van der Waals surface area contributed by atoms with E-state index in [4.69, 9.17) is 5.84 Å². The fraction of sp³-hybridized carbons (Fsp3) is 0.833. The van der Waals surface area contributed by atoms with Gasteiger partial charge in [0.1, 0.15) is 0 Å². The molecule has 0 saturated heterocycles. The van der Waals surface area contributed by atoms with Gasteiger partial charge in [0.25, 0.3) is 0 Å². The standard InChI is InChI=1S/C12H26N4O2/c1-6-16(7-2)11(17)8-15(5)10(4)9(3)12(18)14-13/h9-10H,6-8,13H2,1-5H3,(H,14,18). The van der Waals surface area contributed by atoms with E-state index in [0.717, 1.165) is 0 Å². The summed E-state index contributed by atoms with van der Waals surface area (Å²) in [6.07, 6.45) is 0. The van der Waals surface area contributed by atoms with Gasteiger partial charge in [-0.1, -0.05) is 6.92 Å². The number of carbonyl (C=O) groups is 2. The minimum absolute atomic E-state index is 0.0481. The van der Waals surface area contributed by atoms with E-state index in [-0.39, 0.29) is 23.8 Å². The highest BCUT2D eigenvalue weighted by atomic mass is 16.2. The molecule has 0 spiro atoms. The zero-order chi connectivity index (χ0) is 14.3. The highest BCUT2D eigenvalue weighted by molar-refractivity contribution is 5.79. The van der Waals surface area contributed by atoms with Crippen molar-refractivity contribution < 1.29 is 9.59 Å². The first-order chi connectivity index (χ1) is 8.38. The maximum Gasteiger partial charge on any atom is 0.238 e. The molecular formula is C12H26N4O2. The molecule has 3 N–H and O–H groups in total. The SMILES string of the molecule is CCN(CC)C(=O)CN(C)C(C)C(C)C(=O)NN. The molecule has 106 valence electrons. The van der Waals surface area contributed by atoms with Crippen molar-refractivity contribution in [2.75, 3.05) is 26.7 Å². The number of amides is 2. The second-order valence-corrected chi connectivity index (χ2v) is 4.52. The summed E-state index contributed by atoms with van der Waals surface area (Å²) in [5, 5.41) is 0. The Morgan fingerprint density at radius 2 is 1.72 bits per heavy atom. The van der Waals surface area contributed by atoms with Gasteiger partial charge >= 0.3 is 0 Å². The summed E-state index contributed by atoms with van der Waals surface area (Å²) in [5.41, 5.74) is 2.14. The molecule has 0 radical (unpaired) electrons. The van der Waals surface area contributed by atoms with Crippen LogP contribution < -0.4 is 11.3 Å². The molecule has 0 heterocycles. The first kappa shape index (κ1) is 16.9. The fourth-order valence-corrected chi connectivity index (χ4v) is 1.77. The Morgan fingerprint density at radius 3 is 2.11 bits per heavy atom. The van der Waals surface area contributed by atoms with Crippen molar-refractivity contribution in [3.8, 4) is 0 Å². The molecule has 0 rings (SSSR count). The third-order valence-corrected chi connectivity index (χ3v) is 3.48. The molecule has 2 unspecified atom stereocenters. The van der Waals surface area contributed by atoms with E-state index in [1.807, 2.05) is 32.7 Å². The van der Waals surface area contributed by atoms with Gasteiger partial charge < -0.3 is 4.90 Å². The average molecular weight is 258 g/mol. The summed E-state index contributed by atoms with van der Waals surface area (Å²) in [4.78, 5) is 27.0. The molecule has 0 fully saturated rings. The van der Waals surface area contributed by atoms with Gasteiger partial charge in [0.2, 0.25) is 11.8 Å². The van der Waals surface area contributed by atoms with Crippen LogP contribution in [0.25, 0.3) is 0 Å². The van der Waals surface area contributed by atoms with E-state index >= 15 is 0 Å². The van der Waals surface area contributed by atoms with Crippen LogP contribution in [0.4, 0.5) is 0 Å². The number of rotatable bonds is 7. The monoisotopic (exact) mass is 258 g/mol. The van der Waals surface area contributed by atoms with E-state index in [9.17, 15) is 9.59 Å². The summed E-state index contributed by atoms with van der Waals surface area (Å²) < 4.78 is 0. The Hall–Kier alpha value is -1.14. The van der Waals surface area contributed by atoms with E-state index in [2.05, 4.69) is 5.43 Å². The molecule has 0 bridgehead atoms. The molecule has 0 saturated carbocycles. The molecule has 0 aliphatic carbocycles. The van der Waals surface area contributed by atoms with Gasteiger partial charge in [-0.15, -0.1) is 0 Å². The summed E-state index contributed by atoms with van der Waals surface area (Å²) >= 11 is 0. The molecule has 2 amide bonds. The zero-order valence-corrected chi connectivity index (χ0v) is 12.1. The summed E-state index contributed by atoms with van der Waals surface area (Å²) in [6.45, 7) is 9.34. The number of carbonyl (C=O) groups excluding carboxylic acids is 2. The van der Waals surface area contributed by atoms with Crippen LogP contribution in [-0.2, 0) is 9.59 Å². The maximum absolute atomic E-state index is 11.9. The predicted molar refractivity (Wildman–Crippen MR) is 71.5 cm³/mol. The molecule has 18 heavy (non-hydrogen) atoms. The van der Waals surface area contributed by atoms with Crippen LogP contribution in [-0.4, -0.2) is 54.3 Å². The molecule has 0 aliphatic heterocycles. The minimum atomic E-state index is -0.260. The zero-order valence-electron chi connectivity index (χ0n) is 12.1. The molecule has 2 atom stereocenters. The van der Waals surface area contributed by atoms with Crippen molar-refractivity contribution in [2.45, 2.75) is 33.7 Å². The topological polar surface area (TPSA) is 78.7 Å². The van der Waals surface area contributed by atoms with Crippen LogP contribution >= 0.6 is 0 Å². The molecule has 6 nitrogen and oxygen atoms in total. The second kappa shape index (κ2) is 8.05. The first-order valence-electron chi connectivity index (χ1n) is 6.37. The third-order valence-electron chi connectivity index (χ3n) is 3.48. The van der Waals surface area contributed by atoms with Crippen molar-refractivity contribution >= 4 is 11.8 Å². The lowest BCUT2D eigenvalue weighted by Gasteiger charge is -2.30. The number of nitrogens with two attached hydrogens (primary N) is 1. The quantitative estimate of drug-likeness (QED) is 0.376. The van der Waals surface area contributed by atoms with Gasteiger partial charge in [0.15, 0.2) is 0 Å². The predicted octanol–water partition coefficient (Wildman–Crippen LogP) is -0.199. The van der Waals surface area contributed by atoms with E-state index in [1.54, 1.807) is 11.8 Å². The Morgan fingerprint density at radius 1 is 1.22 bits per heavy atom. The average Bonchev–Trinajstić information content (AvgIpc) is 2.37. The van der Waals surface area contributed by atoms with Crippen LogP contribution in [0.5, 0.6) is 0 Å². The molecular weight excluding hydrogens is 232 g/mol. The molecule has 0 aromatic carbocycles.